The molecule has 4 aromatic rings. The Balaban J connectivity index is 1.50. The first-order chi connectivity index (χ1) is 19.9. The van der Waals surface area contributed by atoms with E-state index >= 15 is 0 Å². The lowest BCUT2D eigenvalue weighted by molar-refractivity contribution is 0.0936. The Kier molecular flexibility index (Phi) is 8.74. The monoisotopic (exact) mass is 568 g/mol. The molecule has 7 heteroatoms. The predicted molar refractivity (Wildman–Crippen MR) is 163 cm³/mol. The molecule has 6 nitrogen and oxygen atoms in total. The maximum Gasteiger partial charge on any atom is 0.264 e. The Morgan fingerprint density at radius 1 is 0.878 bits per heavy atom. The highest BCUT2D eigenvalue weighted by Crippen LogP contribution is 2.31. The number of carbonyl (C=O) groups is 1. The quantitative estimate of drug-likeness (QED) is 0.227. The van der Waals surface area contributed by atoms with Crippen LogP contribution in [0, 0.1) is 0 Å². The lowest BCUT2D eigenvalue weighted by Gasteiger charge is -2.27. The normalized spacial score (nSPS) is 13.6. The van der Waals surface area contributed by atoms with Crippen LogP contribution in [0.25, 0.3) is 0 Å². The molecule has 0 heterocycles. The summed E-state index contributed by atoms with van der Waals surface area (Å²) < 4.78 is 34.7. The van der Waals surface area contributed by atoms with Crippen molar-refractivity contribution in [3.05, 3.63) is 125 Å². The molecule has 1 amide bonds. The number of fused-ring (bicyclic) bond motifs is 1. The molecule has 0 fully saturated rings. The van der Waals surface area contributed by atoms with Crippen molar-refractivity contribution in [2.24, 2.45) is 0 Å². The highest BCUT2D eigenvalue weighted by molar-refractivity contribution is 7.92. The predicted octanol–water partition coefficient (Wildman–Crippen LogP) is 6.85. The highest BCUT2D eigenvalue weighted by atomic mass is 32.2. The zero-order chi connectivity index (χ0) is 28.8. The molecule has 0 spiro atoms. The van der Waals surface area contributed by atoms with E-state index in [9.17, 15) is 13.2 Å². The van der Waals surface area contributed by atoms with E-state index in [1.165, 1.54) is 47.5 Å². The van der Waals surface area contributed by atoms with Crippen molar-refractivity contribution >= 4 is 21.6 Å². The SMILES string of the molecule is CC[C@@H](NC(=O)c1ccccc1N(Cc1ccccc1)S(=O)(=O)c1ccc(OC)cc1)c1ccc2c(c1)CCCC2. The minimum Gasteiger partial charge on any atom is -0.497 e. The average Bonchev–Trinajstić information content (AvgIpc) is 3.02. The van der Waals surface area contributed by atoms with E-state index in [0.717, 1.165) is 24.0 Å². The standard InChI is InChI=1S/C34H36N2O4S/c1-3-32(28-18-17-26-13-7-8-14-27(26)23-28)35-34(37)31-15-9-10-16-33(31)36(24-25-11-5-4-6-12-25)41(38,39)30-21-19-29(40-2)20-22-30/h4-6,9-12,15-23,32H,3,7-8,13-14,24H2,1-2H3,(H,35,37)/t32-/m1/s1. The van der Waals surface area contributed by atoms with Crippen molar-refractivity contribution in [1.82, 2.24) is 5.32 Å². The number of amides is 1. The van der Waals surface area contributed by atoms with E-state index in [0.29, 0.717) is 23.4 Å². The molecule has 0 radical (unpaired) electrons. The van der Waals surface area contributed by atoms with Crippen LogP contribution in [0.1, 0.15) is 64.8 Å². The number of carbonyl (C=O) groups excluding carboxylic acids is 1. The number of anilines is 1. The van der Waals surface area contributed by atoms with Gasteiger partial charge < -0.3 is 10.1 Å². The number of para-hydroxylation sites is 1. The summed E-state index contributed by atoms with van der Waals surface area (Å²) in [6.45, 7) is 2.12. The summed E-state index contributed by atoms with van der Waals surface area (Å²) in [5, 5.41) is 3.19. The number of methoxy groups -OCH3 is 1. The number of ether oxygens (including phenoxy) is 1. The van der Waals surface area contributed by atoms with Gasteiger partial charge in [0.2, 0.25) is 0 Å². The number of nitrogens with one attached hydrogen (secondary N) is 1. The average molecular weight is 569 g/mol. The van der Waals surface area contributed by atoms with E-state index in [2.05, 4.69) is 23.5 Å². The third-order valence-electron chi connectivity index (χ3n) is 7.72. The van der Waals surface area contributed by atoms with Crippen LogP contribution >= 0.6 is 0 Å². The van der Waals surface area contributed by atoms with E-state index in [-0.39, 0.29) is 23.4 Å². The fourth-order valence-corrected chi connectivity index (χ4v) is 6.91. The van der Waals surface area contributed by atoms with Gasteiger partial charge in [-0.2, -0.15) is 0 Å². The smallest absolute Gasteiger partial charge is 0.264 e. The summed E-state index contributed by atoms with van der Waals surface area (Å²) in [7, 11) is -2.50. The van der Waals surface area contributed by atoms with Crippen LogP contribution < -0.4 is 14.4 Å². The first-order valence-electron chi connectivity index (χ1n) is 14.1. The van der Waals surface area contributed by atoms with Crippen LogP contribution in [0.4, 0.5) is 5.69 Å². The van der Waals surface area contributed by atoms with Crippen LogP contribution in [0.2, 0.25) is 0 Å². The van der Waals surface area contributed by atoms with Gasteiger partial charge in [0.25, 0.3) is 15.9 Å². The van der Waals surface area contributed by atoms with Crippen molar-refractivity contribution in [3.63, 3.8) is 0 Å². The van der Waals surface area contributed by atoms with Gasteiger partial charge in [0.05, 0.1) is 35.8 Å². The minimum atomic E-state index is -4.03. The number of nitrogens with zero attached hydrogens (tertiary/aromatic N) is 1. The third kappa shape index (κ3) is 6.30. The van der Waals surface area contributed by atoms with E-state index < -0.39 is 10.0 Å². The largest absolute Gasteiger partial charge is 0.497 e. The number of rotatable bonds is 10. The summed E-state index contributed by atoms with van der Waals surface area (Å²) in [6, 6.07) is 28.9. The molecule has 1 aliphatic rings. The number of hydrogen-bond donors (Lipinski definition) is 1. The van der Waals surface area contributed by atoms with Gasteiger partial charge in [-0.3, -0.25) is 9.10 Å². The van der Waals surface area contributed by atoms with Gasteiger partial charge in [0.1, 0.15) is 5.75 Å². The van der Waals surface area contributed by atoms with Crippen molar-refractivity contribution < 1.29 is 17.9 Å². The molecule has 5 rings (SSSR count). The zero-order valence-electron chi connectivity index (χ0n) is 23.5. The summed E-state index contributed by atoms with van der Waals surface area (Å²) in [6.07, 6.45) is 5.29. The van der Waals surface area contributed by atoms with Gasteiger partial charge in [-0.05, 0) is 90.8 Å². The van der Waals surface area contributed by atoms with E-state index in [1.807, 2.05) is 37.3 Å². The number of sulfonamides is 1. The van der Waals surface area contributed by atoms with Gasteiger partial charge in [-0.1, -0.05) is 67.6 Å². The number of aryl methyl sites for hydroxylation is 2. The van der Waals surface area contributed by atoms with Gasteiger partial charge in [-0.15, -0.1) is 0 Å². The molecule has 0 unspecified atom stereocenters. The van der Waals surface area contributed by atoms with Crippen LogP contribution in [0.5, 0.6) is 5.75 Å². The molecular formula is C34H36N2O4S. The Morgan fingerprint density at radius 2 is 1.56 bits per heavy atom. The first-order valence-corrected chi connectivity index (χ1v) is 15.6. The lowest BCUT2D eigenvalue weighted by Crippen LogP contribution is -2.34. The number of benzene rings is 4. The minimum absolute atomic E-state index is 0.0710. The van der Waals surface area contributed by atoms with Crippen LogP contribution in [0.15, 0.2) is 102 Å². The molecule has 0 aliphatic heterocycles. The van der Waals surface area contributed by atoms with E-state index in [1.54, 1.807) is 36.4 Å². The Bertz CT molecular complexity index is 1600. The molecule has 0 saturated heterocycles. The Morgan fingerprint density at radius 3 is 2.27 bits per heavy atom. The van der Waals surface area contributed by atoms with Crippen molar-refractivity contribution in [1.29, 1.82) is 0 Å². The van der Waals surface area contributed by atoms with Crippen molar-refractivity contribution in [2.75, 3.05) is 11.4 Å². The molecule has 0 saturated carbocycles. The zero-order valence-corrected chi connectivity index (χ0v) is 24.4. The summed E-state index contributed by atoms with van der Waals surface area (Å²) in [4.78, 5) is 14.0. The topological polar surface area (TPSA) is 75.7 Å². The maximum absolute atomic E-state index is 14.1. The molecule has 1 atom stereocenters. The maximum atomic E-state index is 14.1. The van der Waals surface area contributed by atoms with Gasteiger partial charge in [0.15, 0.2) is 0 Å². The van der Waals surface area contributed by atoms with Crippen molar-refractivity contribution in [2.45, 2.75) is 56.5 Å². The summed E-state index contributed by atoms with van der Waals surface area (Å²) >= 11 is 0. The fraction of sp³-hybridized carbons (Fsp3) is 0.265. The van der Waals surface area contributed by atoms with Crippen LogP contribution in [0.3, 0.4) is 0 Å². The molecule has 0 aromatic heterocycles. The van der Waals surface area contributed by atoms with Crippen LogP contribution in [-0.2, 0) is 29.4 Å². The van der Waals surface area contributed by atoms with Crippen molar-refractivity contribution in [3.8, 4) is 5.75 Å². The molecular weight excluding hydrogens is 532 g/mol. The van der Waals surface area contributed by atoms with Crippen LogP contribution in [-0.4, -0.2) is 21.4 Å². The second-order valence-corrected chi connectivity index (χ2v) is 12.2. The van der Waals surface area contributed by atoms with Gasteiger partial charge in [0, 0.05) is 0 Å². The fourth-order valence-electron chi connectivity index (χ4n) is 5.43. The summed E-state index contributed by atoms with van der Waals surface area (Å²) in [5.41, 5.74) is 5.27. The van der Waals surface area contributed by atoms with E-state index in [4.69, 9.17) is 4.74 Å². The summed E-state index contributed by atoms with van der Waals surface area (Å²) in [5.74, 6) is 0.249. The Labute approximate surface area is 243 Å². The second-order valence-electron chi connectivity index (χ2n) is 10.4. The second kappa shape index (κ2) is 12.6. The lowest BCUT2D eigenvalue weighted by atomic mass is 9.88. The number of hydrogen-bond acceptors (Lipinski definition) is 4. The molecule has 1 aliphatic carbocycles. The molecule has 0 bridgehead atoms. The molecule has 41 heavy (non-hydrogen) atoms. The first kappa shape index (κ1) is 28.4. The Hall–Kier alpha value is -4.10. The highest BCUT2D eigenvalue weighted by Gasteiger charge is 2.29. The molecule has 4 aromatic carbocycles. The van der Waals surface area contributed by atoms with Gasteiger partial charge in [-0.25, -0.2) is 8.42 Å². The third-order valence-corrected chi connectivity index (χ3v) is 9.50. The molecule has 1 N–H and O–H groups in total. The molecule has 212 valence electrons. The van der Waals surface area contributed by atoms with Gasteiger partial charge >= 0.3 is 0 Å².